The van der Waals surface area contributed by atoms with E-state index in [1.807, 2.05) is 30.3 Å². The lowest BCUT2D eigenvalue weighted by Gasteiger charge is -2.15. The molecule has 0 fully saturated rings. The summed E-state index contributed by atoms with van der Waals surface area (Å²) < 4.78 is 6.78. The molecule has 0 amide bonds. The molecule has 1 aromatic heterocycles. The van der Waals surface area contributed by atoms with Gasteiger partial charge in [-0.3, -0.25) is 0 Å². The minimum Gasteiger partial charge on any atom is -0.496 e. The zero-order valence-electron chi connectivity index (χ0n) is 10.7. The fourth-order valence-corrected chi connectivity index (χ4v) is 3.52. The van der Waals surface area contributed by atoms with Crippen molar-refractivity contribution in [2.24, 2.45) is 0 Å². The van der Waals surface area contributed by atoms with E-state index in [2.05, 4.69) is 12.2 Å². The van der Waals surface area contributed by atoms with Crippen molar-refractivity contribution in [3.63, 3.8) is 0 Å². The molecule has 0 saturated carbocycles. The maximum absolute atomic E-state index is 6.15. The Balaban J connectivity index is 2.04. The maximum atomic E-state index is 6.15. The Kier molecular flexibility index (Phi) is 5.11. The van der Waals surface area contributed by atoms with Gasteiger partial charge in [-0.15, -0.1) is 11.3 Å². The highest BCUT2D eigenvalue weighted by Gasteiger charge is 2.13. The lowest BCUT2D eigenvalue weighted by atomic mass is 10.1. The molecule has 5 heteroatoms. The fourth-order valence-electron chi connectivity index (χ4n) is 1.87. The smallest absolute Gasteiger partial charge is 0.123 e. The van der Waals surface area contributed by atoms with Gasteiger partial charge in [0, 0.05) is 18.2 Å². The number of ether oxygens (including phenoxy) is 1. The number of methoxy groups -OCH3 is 1. The summed E-state index contributed by atoms with van der Waals surface area (Å²) in [6, 6.07) is 10.0. The van der Waals surface area contributed by atoms with Crippen LogP contribution in [-0.4, -0.2) is 7.11 Å². The van der Waals surface area contributed by atoms with Crippen molar-refractivity contribution >= 4 is 34.5 Å². The molecular weight excluding hydrogens is 301 g/mol. The predicted molar refractivity (Wildman–Crippen MR) is 82.6 cm³/mol. The summed E-state index contributed by atoms with van der Waals surface area (Å²) in [7, 11) is 1.68. The number of para-hydroxylation sites is 1. The summed E-state index contributed by atoms with van der Waals surface area (Å²) in [6.45, 7) is 2.79. The SMILES string of the molecule is COc1ccccc1CNC(C)c1cc(Cl)sc1Cl. The summed E-state index contributed by atoms with van der Waals surface area (Å²) in [5.41, 5.74) is 2.15. The topological polar surface area (TPSA) is 21.3 Å². The zero-order valence-corrected chi connectivity index (χ0v) is 13.1. The molecule has 1 unspecified atom stereocenters. The second kappa shape index (κ2) is 6.62. The molecule has 0 radical (unpaired) electrons. The first-order valence-electron chi connectivity index (χ1n) is 5.92. The van der Waals surface area contributed by atoms with Crippen molar-refractivity contribution in [1.82, 2.24) is 5.32 Å². The zero-order chi connectivity index (χ0) is 13.8. The number of thiophene rings is 1. The summed E-state index contributed by atoms with van der Waals surface area (Å²) in [5, 5.41) is 3.43. The second-order valence-electron chi connectivity index (χ2n) is 4.19. The van der Waals surface area contributed by atoms with Gasteiger partial charge in [0.1, 0.15) is 5.75 Å². The number of rotatable bonds is 5. The van der Waals surface area contributed by atoms with Crippen molar-refractivity contribution < 1.29 is 4.74 Å². The van der Waals surface area contributed by atoms with Crippen LogP contribution in [0.3, 0.4) is 0 Å². The molecule has 1 heterocycles. The molecule has 0 spiro atoms. The largest absolute Gasteiger partial charge is 0.496 e. The van der Waals surface area contributed by atoms with E-state index >= 15 is 0 Å². The average molecular weight is 316 g/mol. The number of benzene rings is 1. The summed E-state index contributed by atoms with van der Waals surface area (Å²) in [5.74, 6) is 0.886. The van der Waals surface area contributed by atoms with E-state index in [0.29, 0.717) is 4.34 Å². The number of hydrogen-bond acceptors (Lipinski definition) is 3. The standard InChI is InChI=1S/C14H15Cl2NOS/c1-9(11-7-13(15)19-14(11)16)17-8-10-5-3-4-6-12(10)18-2/h3-7,9,17H,8H2,1-2H3. The van der Waals surface area contributed by atoms with E-state index in [1.165, 1.54) is 11.3 Å². The van der Waals surface area contributed by atoms with Crippen LogP contribution in [0.2, 0.25) is 8.67 Å². The molecule has 0 bridgehead atoms. The molecular formula is C14H15Cl2NOS. The normalized spacial score (nSPS) is 12.4. The Bertz CT molecular complexity index is 556. The van der Waals surface area contributed by atoms with Crippen LogP contribution < -0.4 is 10.1 Å². The first-order chi connectivity index (χ1) is 9.11. The number of hydrogen-bond donors (Lipinski definition) is 1. The van der Waals surface area contributed by atoms with Crippen LogP contribution in [0.15, 0.2) is 30.3 Å². The third-order valence-electron chi connectivity index (χ3n) is 2.94. The predicted octanol–water partition coefficient (Wildman–Crippen LogP) is 4.91. The summed E-state index contributed by atoms with van der Waals surface area (Å²) >= 11 is 13.5. The highest BCUT2D eigenvalue weighted by atomic mass is 35.5. The highest BCUT2D eigenvalue weighted by Crippen LogP contribution is 2.35. The Labute approximate surface area is 127 Å². The van der Waals surface area contributed by atoms with E-state index in [0.717, 1.165) is 27.8 Å². The Morgan fingerprint density at radius 3 is 2.68 bits per heavy atom. The quantitative estimate of drug-likeness (QED) is 0.846. The van der Waals surface area contributed by atoms with Gasteiger partial charge in [0.25, 0.3) is 0 Å². The van der Waals surface area contributed by atoms with Gasteiger partial charge in [0.15, 0.2) is 0 Å². The van der Waals surface area contributed by atoms with Crippen LogP contribution in [-0.2, 0) is 6.54 Å². The van der Waals surface area contributed by atoms with Gasteiger partial charge in [-0.2, -0.15) is 0 Å². The summed E-state index contributed by atoms with van der Waals surface area (Å²) in [4.78, 5) is 0. The van der Waals surface area contributed by atoms with E-state index in [1.54, 1.807) is 7.11 Å². The third kappa shape index (κ3) is 3.63. The van der Waals surface area contributed by atoms with Crippen molar-refractivity contribution in [3.05, 3.63) is 50.1 Å². The Hall–Kier alpha value is -0.740. The minimum absolute atomic E-state index is 0.140. The lowest BCUT2D eigenvalue weighted by Crippen LogP contribution is -2.18. The van der Waals surface area contributed by atoms with Gasteiger partial charge in [-0.05, 0) is 24.6 Å². The third-order valence-corrected chi connectivity index (χ3v) is 4.46. The molecule has 2 rings (SSSR count). The van der Waals surface area contributed by atoms with E-state index in [9.17, 15) is 0 Å². The van der Waals surface area contributed by atoms with Crippen molar-refractivity contribution in [1.29, 1.82) is 0 Å². The van der Waals surface area contributed by atoms with Gasteiger partial charge < -0.3 is 10.1 Å². The highest BCUT2D eigenvalue weighted by molar-refractivity contribution is 7.20. The van der Waals surface area contributed by atoms with Crippen LogP contribution in [0, 0.1) is 0 Å². The molecule has 1 aromatic carbocycles. The van der Waals surface area contributed by atoms with E-state index in [-0.39, 0.29) is 6.04 Å². The monoisotopic (exact) mass is 315 g/mol. The van der Waals surface area contributed by atoms with Gasteiger partial charge in [-0.25, -0.2) is 0 Å². The second-order valence-corrected chi connectivity index (χ2v) is 6.48. The Morgan fingerprint density at radius 2 is 2.05 bits per heavy atom. The lowest BCUT2D eigenvalue weighted by molar-refractivity contribution is 0.406. The minimum atomic E-state index is 0.140. The van der Waals surface area contributed by atoms with E-state index in [4.69, 9.17) is 27.9 Å². The summed E-state index contributed by atoms with van der Waals surface area (Å²) in [6.07, 6.45) is 0. The molecule has 19 heavy (non-hydrogen) atoms. The molecule has 0 aliphatic rings. The van der Waals surface area contributed by atoms with Crippen LogP contribution >= 0.6 is 34.5 Å². The van der Waals surface area contributed by atoms with Gasteiger partial charge in [-0.1, -0.05) is 41.4 Å². The van der Waals surface area contributed by atoms with E-state index < -0.39 is 0 Å². The molecule has 1 atom stereocenters. The van der Waals surface area contributed by atoms with Crippen molar-refractivity contribution in [2.75, 3.05) is 7.11 Å². The molecule has 102 valence electrons. The molecule has 2 nitrogen and oxygen atoms in total. The number of halogens is 2. The molecule has 0 aliphatic heterocycles. The number of nitrogens with one attached hydrogen (secondary N) is 1. The van der Waals surface area contributed by atoms with Crippen molar-refractivity contribution in [2.45, 2.75) is 19.5 Å². The molecule has 0 aliphatic carbocycles. The first-order valence-corrected chi connectivity index (χ1v) is 7.49. The molecule has 1 N–H and O–H groups in total. The van der Waals surface area contributed by atoms with Crippen LogP contribution in [0.1, 0.15) is 24.1 Å². The Morgan fingerprint density at radius 1 is 1.32 bits per heavy atom. The van der Waals surface area contributed by atoms with Crippen LogP contribution in [0.4, 0.5) is 0 Å². The first kappa shape index (κ1) is 14.7. The molecule has 2 aromatic rings. The van der Waals surface area contributed by atoms with Crippen molar-refractivity contribution in [3.8, 4) is 5.75 Å². The van der Waals surface area contributed by atoms with Gasteiger partial charge >= 0.3 is 0 Å². The maximum Gasteiger partial charge on any atom is 0.123 e. The van der Waals surface area contributed by atoms with Crippen LogP contribution in [0.5, 0.6) is 5.75 Å². The van der Waals surface area contributed by atoms with Gasteiger partial charge in [0.05, 0.1) is 15.8 Å². The van der Waals surface area contributed by atoms with Crippen LogP contribution in [0.25, 0.3) is 0 Å². The average Bonchev–Trinajstić information content (AvgIpc) is 2.75. The van der Waals surface area contributed by atoms with Gasteiger partial charge in [0.2, 0.25) is 0 Å². The fraction of sp³-hybridized carbons (Fsp3) is 0.286. The molecule has 0 saturated heterocycles.